The minimum Gasteiger partial charge on any atom is -0.506 e. The van der Waals surface area contributed by atoms with E-state index >= 15 is 0 Å². The van der Waals surface area contributed by atoms with Crippen LogP contribution in [0.4, 0.5) is 0 Å². The highest BCUT2D eigenvalue weighted by molar-refractivity contribution is 9.11. The van der Waals surface area contributed by atoms with Crippen molar-refractivity contribution < 1.29 is 19.4 Å². The van der Waals surface area contributed by atoms with E-state index in [9.17, 15) is 9.90 Å². The first-order valence-corrected chi connectivity index (χ1v) is 6.69. The minimum atomic E-state index is -0.450. The summed E-state index contributed by atoms with van der Waals surface area (Å²) in [5.41, 5.74) is 0.561. The van der Waals surface area contributed by atoms with Gasteiger partial charge in [-0.05, 0) is 50.9 Å². The van der Waals surface area contributed by atoms with Gasteiger partial charge in [-0.25, -0.2) is 4.79 Å². The molecule has 98 valence electrons. The first-order valence-electron chi connectivity index (χ1n) is 5.11. The lowest BCUT2D eigenvalue weighted by Gasteiger charge is -2.10. The van der Waals surface area contributed by atoms with E-state index in [1.165, 1.54) is 19.3 Å². The number of benzene rings is 1. The van der Waals surface area contributed by atoms with Gasteiger partial charge >= 0.3 is 5.97 Å². The van der Waals surface area contributed by atoms with Crippen LogP contribution in [-0.2, 0) is 9.53 Å². The fraction of sp³-hybridized carbons (Fsp3) is 0.250. The fourth-order valence-corrected chi connectivity index (χ4v) is 2.48. The summed E-state index contributed by atoms with van der Waals surface area (Å²) in [5, 5.41) is 9.78. The smallest absolute Gasteiger partial charge is 0.330 e. The highest BCUT2D eigenvalue weighted by atomic mass is 79.9. The molecule has 18 heavy (non-hydrogen) atoms. The van der Waals surface area contributed by atoms with Crippen molar-refractivity contribution in [2.24, 2.45) is 0 Å². The van der Waals surface area contributed by atoms with Crippen molar-refractivity contribution in [3.63, 3.8) is 0 Å². The van der Waals surface area contributed by atoms with E-state index < -0.39 is 5.97 Å². The SMILES string of the molecule is CCOC(=O)/C=C/c1c(OC)cc(Br)c(O)c1Br. The third-order valence-electron chi connectivity index (χ3n) is 2.09. The zero-order valence-corrected chi connectivity index (χ0v) is 13.0. The van der Waals surface area contributed by atoms with Crippen molar-refractivity contribution >= 4 is 43.9 Å². The van der Waals surface area contributed by atoms with Crippen molar-refractivity contribution in [1.29, 1.82) is 0 Å². The molecule has 0 heterocycles. The van der Waals surface area contributed by atoms with Gasteiger partial charge in [0.1, 0.15) is 11.5 Å². The zero-order valence-electron chi connectivity index (χ0n) is 9.87. The Morgan fingerprint density at radius 1 is 1.50 bits per heavy atom. The van der Waals surface area contributed by atoms with E-state index in [1.807, 2.05) is 0 Å². The molecule has 0 aliphatic carbocycles. The number of phenolic OH excluding ortho intramolecular Hbond substituents is 1. The van der Waals surface area contributed by atoms with Gasteiger partial charge in [0.05, 0.1) is 22.7 Å². The van der Waals surface area contributed by atoms with E-state index in [1.54, 1.807) is 13.0 Å². The van der Waals surface area contributed by atoms with Crippen LogP contribution in [0.2, 0.25) is 0 Å². The summed E-state index contributed by atoms with van der Waals surface area (Å²) >= 11 is 6.45. The number of ether oxygens (including phenoxy) is 2. The Balaban J connectivity index is 3.15. The Hall–Kier alpha value is -1.01. The van der Waals surface area contributed by atoms with Gasteiger partial charge in [0.25, 0.3) is 0 Å². The second-order valence-electron chi connectivity index (χ2n) is 3.22. The average molecular weight is 380 g/mol. The Kier molecular flexibility index (Phi) is 5.68. The first kappa shape index (κ1) is 15.0. The number of aromatic hydroxyl groups is 1. The van der Waals surface area contributed by atoms with Crippen LogP contribution < -0.4 is 4.74 Å². The molecule has 0 aliphatic rings. The van der Waals surface area contributed by atoms with Crippen molar-refractivity contribution in [2.45, 2.75) is 6.92 Å². The monoisotopic (exact) mass is 378 g/mol. The second-order valence-corrected chi connectivity index (χ2v) is 4.87. The lowest BCUT2D eigenvalue weighted by atomic mass is 10.1. The van der Waals surface area contributed by atoms with Crippen LogP contribution >= 0.6 is 31.9 Å². The number of rotatable bonds is 4. The number of carbonyl (C=O) groups excluding carboxylic acids is 1. The summed E-state index contributed by atoms with van der Waals surface area (Å²) in [6.45, 7) is 2.04. The first-order chi connectivity index (χ1) is 8.51. The van der Waals surface area contributed by atoms with Crippen LogP contribution in [-0.4, -0.2) is 24.8 Å². The predicted molar refractivity (Wildman–Crippen MR) is 75.7 cm³/mol. The highest BCUT2D eigenvalue weighted by Crippen LogP contribution is 2.41. The van der Waals surface area contributed by atoms with Crippen LogP contribution in [0.25, 0.3) is 6.08 Å². The lowest BCUT2D eigenvalue weighted by molar-refractivity contribution is -0.137. The standard InChI is InChI=1S/C12H12Br2O4/c1-3-18-10(15)5-4-7-9(17-2)6-8(13)12(16)11(7)14/h4-6,16H,3H2,1-2H3/b5-4+. The maximum Gasteiger partial charge on any atom is 0.330 e. The molecule has 0 spiro atoms. The molecule has 0 aromatic heterocycles. The van der Waals surface area contributed by atoms with Gasteiger partial charge < -0.3 is 14.6 Å². The molecule has 1 aromatic rings. The number of carbonyl (C=O) groups is 1. The molecule has 0 atom stereocenters. The molecule has 0 aliphatic heterocycles. The van der Waals surface area contributed by atoms with Crippen LogP contribution in [0.1, 0.15) is 12.5 Å². The number of hydrogen-bond donors (Lipinski definition) is 1. The van der Waals surface area contributed by atoms with E-state index in [0.717, 1.165) is 0 Å². The van der Waals surface area contributed by atoms with E-state index in [4.69, 9.17) is 9.47 Å². The molecule has 0 amide bonds. The van der Waals surface area contributed by atoms with Gasteiger partial charge in [0.2, 0.25) is 0 Å². The molecular formula is C12H12Br2O4. The number of halogens is 2. The Morgan fingerprint density at radius 3 is 2.72 bits per heavy atom. The molecule has 1 aromatic carbocycles. The predicted octanol–water partition coefficient (Wildman–Crippen LogP) is 3.50. The van der Waals surface area contributed by atoms with Crippen LogP contribution in [0.5, 0.6) is 11.5 Å². The minimum absolute atomic E-state index is 0.0410. The molecule has 1 N–H and O–H groups in total. The molecule has 0 saturated carbocycles. The summed E-state index contributed by atoms with van der Waals surface area (Å²) in [4.78, 5) is 11.2. The molecule has 4 nitrogen and oxygen atoms in total. The molecule has 6 heteroatoms. The molecule has 0 fully saturated rings. The normalized spacial score (nSPS) is 10.7. The largest absolute Gasteiger partial charge is 0.506 e. The van der Waals surface area contributed by atoms with Gasteiger partial charge in [-0.3, -0.25) is 0 Å². The molecule has 0 unspecified atom stereocenters. The van der Waals surface area contributed by atoms with Gasteiger partial charge in [-0.1, -0.05) is 0 Å². The van der Waals surface area contributed by atoms with Crippen molar-refractivity contribution in [3.05, 3.63) is 26.7 Å². The maximum absolute atomic E-state index is 11.2. The molecule has 1 rings (SSSR count). The third-order valence-corrected chi connectivity index (χ3v) is 3.49. The van der Waals surface area contributed by atoms with Gasteiger partial charge in [0.15, 0.2) is 0 Å². The summed E-state index contributed by atoms with van der Waals surface area (Å²) in [6, 6.07) is 1.62. The molecular weight excluding hydrogens is 368 g/mol. The zero-order chi connectivity index (χ0) is 13.7. The molecule has 0 saturated heterocycles. The Bertz CT molecular complexity index is 483. The summed E-state index contributed by atoms with van der Waals surface area (Å²) in [5.74, 6) is 0.111. The van der Waals surface area contributed by atoms with Crippen LogP contribution in [0.15, 0.2) is 21.1 Å². The summed E-state index contributed by atoms with van der Waals surface area (Å²) in [6.07, 6.45) is 2.80. The van der Waals surface area contributed by atoms with Gasteiger partial charge in [-0.2, -0.15) is 0 Å². The van der Waals surface area contributed by atoms with E-state index in [-0.39, 0.29) is 5.75 Å². The lowest BCUT2D eigenvalue weighted by Crippen LogP contribution is -1.99. The number of methoxy groups -OCH3 is 1. The molecule has 0 radical (unpaired) electrons. The second kappa shape index (κ2) is 6.80. The topological polar surface area (TPSA) is 55.8 Å². The number of phenols is 1. The quantitative estimate of drug-likeness (QED) is 0.642. The molecule has 0 bridgehead atoms. The summed E-state index contributed by atoms with van der Waals surface area (Å²) in [7, 11) is 1.51. The van der Waals surface area contributed by atoms with Crippen LogP contribution in [0.3, 0.4) is 0 Å². The fourth-order valence-electron chi connectivity index (χ4n) is 1.27. The van der Waals surface area contributed by atoms with Crippen LogP contribution in [0, 0.1) is 0 Å². The van der Waals surface area contributed by atoms with Gasteiger partial charge in [0, 0.05) is 11.6 Å². The van der Waals surface area contributed by atoms with Crippen molar-refractivity contribution in [1.82, 2.24) is 0 Å². The Labute approximate surface area is 122 Å². The van der Waals surface area contributed by atoms with Crippen molar-refractivity contribution in [2.75, 3.05) is 13.7 Å². The highest BCUT2D eigenvalue weighted by Gasteiger charge is 2.13. The third kappa shape index (κ3) is 3.49. The number of hydrogen-bond acceptors (Lipinski definition) is 4. The average Bonchev–Trinajstić information content (AvgIpc) is 2.34. The summed E-state index contributed by atoms with van der Waals surface area (Å²) < 4.78 is 10.9. The Morgan fingerprint density at radius 2 is 2.17 bits per heavy atom. The maximum atomic E-state index is 11.2. The number of esters is 1. The van der Waals surface area contributed by atoms with Gasteiger partial charge in [-0.15, -0.1) is 0 Å². The van der Waals surface area contributed by atoms with E-state index in [0.29, 0.717) is 26.9 Å². The van der Waals surface area contributed by atoms with E-state index in [2.05, 4.69) is 31.9 Å². The van der Waals surface area contributed by atoms with Crippen molar-refractivity contribution in [3.8, 4) is 11.5 Å².